The van der Waals surface area contributed by atoms with Crippen LogP contribution >= 0.6 is 11.6 Å². The fourth-order valence-electron chi connectivity index (χ4n) is 2.09. The van der Waals surface area contributed by atoms with Gasteiger partial charge in [0.05, 0.1) is 10.9 Å². The Labute approximate surface area is 147 Å². The van der Waals surface area contributed by atoms with E-state index in [2.05, 4.69) is 72.8 Å². The van der Waals surface area contributed by atoms with Gasteiger partial charge in [-0.25, -0.2) is 0 Å². The third-order valence-electron chi connectivity index (χ3n) is 3.01. The van der Waals surface area contributed by atoms with Gasteiger partial charge in [0.15, 0.2) is 14.7 Å². The summed E-state index contributed by atoms with van der Waals surface area (Å²) in [6.45, 7) is -3.67. The first-order valence-electron chi connectivity index (χ1n) is 7.10. The fourth-order valence-corrected chi connectivity index (χ4v) is 4.30. The molecule has 0 saturated heterocycles. The number of rotatable bonds is 3. The standard InChI is InChI=1S/C18H14ClS.CHF3/c19-15-11-13-18(14-12-15)20(16-7-3-1-4-8-16)17-9-5-2-6-10-17;2-1(3)4/h1-14H;1H/q+1;. The zero-order chi connectivity index (χ0) is 17.4. The Morgan fingerprint density at radius 2 is 0.917 bits per heavy atom. The molecule has 24 heavy (non-hydrogen) atoms. The number of halogens is 4. The molecule has 0 spiro atoms. The van der Waals surface area contributed by atoms with Crippen LogP contribution in [0.5, 0.6) is 0 Å². The molecular weight excluding hydrogens is 353 g/mol. The fraction of sp³-hybridized carbons (Fsp3) is 0.0526. The maximum Gasteiger partial charge on any atom is 0.379 e. The van der Waals surface area contributed by atoms with E-state index in [0.717, 1.165) is 5.02 Å². The van der Waals surface area contributed by atoms with Crippen molar-refractivity contribution in [2.45, 2.75) is 21.4 Å². The molecule has 0 nitrogen and oxygen atoms in total. The average molecular weight is 368 g/mol. The quantitative estimate of drug-likeness (QED) is 0.457. The van der Waals surface area contributed by atoms with Crippen LogP contribution in [-0.2, 0) is 10.9 Å². The number of hydrogen-bond donors (Lipinski definition) is 0. The van der Waals surface area contributed by atoms with E-state index in [9.17, 15) is 13.2 Å². The van der Waals surface area contributed by atoms with Crippen molar-refractivity contribution in [3.63, 3.8) is 0 Å². The molecule has 3 aromatic carbocycles. The van der Waals surface area contributed by atoms with Crippen molar-refractivity contribution in [1.82, 2.24) is 0 Å². The lowest BCUT2D eigenvalue weighted by molar-refractivity contribution is 0.00819. The normalized spacial score (nSPS) is 10.4. The highest BCUT2D eigenvalue weighted by atomic mass is 35.5. The van der Waals surface area contributed by atoms with Gasteiger partial charge in [0, 0.05) is 5.02 Å². The van der Waals surface area contributed by atoms with Crippen molar-refractivity contribution >= 4 is 22.5 Å². The predicted molar refractivity (Wildman–Crippen MR) is 93.6 cm³/mol. The highest BCUT2D eigenvalue weighted by Gasteiger charge is 2.27. The smallest absolute Gasteiger partial charge is 0.174 e. The SMILES string of the molecule is Clc1ccc([S+](c2ccccc2)c2ccccc2)cc1.FC(F)F. The molecule has 0 aromatic heterocycles. The van der Waals surface area contributed by atoms with E-state index in [1.807, 2.05) is 12.1 Å². The topological polar surface area (TPSA) is 0 Å². The molecule has 0 saturated carbocycles. The summed E-state index contributed by atoms with van der Waals surface area (Å²) in [6.07, 6.45) is 0. The molecule has 0 amide bonds. The first-order chi connectivity index (χ1) is 11.6. The first kappa shape index (κ1) is 18.4. The van der Waals surface area contributed by atoms with Crippen LogP contribution < -0.4 is 0 Å². The molecule has 0 fully saturated rings. The Bertz CT molecular complexity index is 676. The molecule has 0 N–H and O–H groups in total. The minimum atomic E-state index is -3.67. The summed E-state index contributed by atoms with van der Waals surface area (Å²) in [5.41, 5.74) is 0. The molecule has 5 heteroatoms. The van der Waals surface area contributed by atoms with Crippen LogP contribution in [0.25, 0.3) is 0 Å². The van der Waals surface area contributed by atoms with E-state index in [4.69, 9.17) is 11.6 Å². The molecule has 0 radical (unpaired) electrons. The maximum absolute atomic E-state index is 9.67. The molecule has 0 aliphatic heterocycles. The molecular formula is C19H15ClF3S+. The summed E-state index contributed by atoms with van der Waals surface area (Å²) in [5, 5.41) is 0.776. The van der Waals surface area contributed by atoms with Gasteiger partial charge < -0.3 is 0 Å². The largest absolute Gasteiger partial charge is 0.379 e. The first-order valence-corrected chi connectivity index (χ1v) is 8.70. The summed E-state index contributed by atoms with van der Waals surface area (Å²) >= 11 is 6.01. The second-order valence-electron chi connectivity index (χ2n) is 4.63. The van der Waals surface area contributed by atoms with Gasteiger partial charge in [-0.2, -0.15) is 13.2 Å². The van der Waals surface area contributed by atoms with E-state index in [-0.39, 0.29) is 10.9 Å². The third kappa shape index (κ3) is 5.62. The van der Waals surface area contributed by atoms with Crippen molar-refractivity contribution in [3.05, 3.63) is 90.0 Å². The minimum absolute atomic E-state index is 0.0815. The van der Waals surface area contributed by atoms with Crippen LogP contribution in [0, 0.1) is 0 Å². The summed E-state index contributed by atoms with van der Waals surface area (Å²) in [6, 6.07) is 29.4. The van der Waals surface area contributed by atoms with Crippen molar-refractivity contribution in [1.29, 1.82) is 0 Å². The van der Waals surface area contributed by atoms with Crippen molar-refractivity contribution < 1.29 is 13.2 Å². The molecule has 0 unspecified atom stereocenters. The number of alkyl halides is 3. The Hall–Kier alpha value is -1.91. The van der Waals surface area contributed by atoms with Gasteiger partial charge in [0.2, 0.25) is 0 Å². The van der Waals surface area contributed by atoms with E-state index < -0.39 is 6.68 Å². The summed E-state index contributed by atoms with van der Waals surface area (Å²) < 4.78 is 29.0. The van der Waals surface area contributed by atoms with Crippen molar-refractivity contribution in [2.75, 3.05) is 0 Å². The van der Waals surface area contributed by atoms with Gasteiger partial charge >= 0.3 is 6.68 Å². The second-order valence-corrected chi connectivity index (χ2v) is 7.10. The van der Waals surface area contributed by atoms with Gasteiger partial charge in [-0.15, -0.1) is 0 Å². The van der Waals surface area contributed by atoms with E-state index in [0.29, 0.717) is 0 Å². The lowest BCUT2D eigenvalue weighted by atomic mass is 10.4. The van der Waals surface area contributed by atoms with Crippen LogP contribution in [0.4, 0.5) is 13.2 Å². The van der Waals surface area contributed by atoms with E-state index in [1.165, 1.54) is 14.7 Å². The van der Waals surface area contributed by atoms with Gasteiger partial charge in [0.1, 0.15) is 0 Å². The van der Waals surface area contributed by atoms with Crippen LogP contribution in [-0.4, -0.2) is 6.68 Å². The molecule has 0 heterocycles. The Kier molecular flexibility index (Phi) is 7.22. The monoisotopic (exact) mass is 367 g/mol. The summed E-state index contributed by atoms with van der Waals surface area (Å²) in [7, 11) is -0.0815. The molecule has 3 aromatic rings. The Morgan fingerprint density at radius 3 is 1.29 bits per heavy atom. The molecule has 0 aliphatic rings. The predicted octanol–water partition coefficient (Wildman–Crippen LogP) is 6.61. The molecule has 3 rings (SSSR count). The maximum atomic E-state index is 9.67. The molecule has 0 bridgehead atoms. The average Bonchev–Trinajstić information content (AvgIpc) is 2.58. The van der Waals surface area contributed by atoms with Crippen molar-refractivity contribution in [2.24, 2.45) is 0 Å². The second kappa shape index (κ2) is 9.40. The third-order valence-corrected chi connectivity index (χ3v) is 5.49. The van der Waals surface area contributed by atoms with Crippen LogP contribution in [0.2, 0.25) is 5.02 Å². The van der Waals surface area contributed by atoms with Crippen LogP contribution in [0.15, 0.2) is 99.6 Å². The minimum Gasteiger partial charge on any atom is -0.174 e. The van der Waals surface area contributed by atoms with Gasteiger partial charge in [-0.3, -0.25) is 0 Å². The molecule has 0 aliphatic carbocycles. The number of hydrogen-bond acceptors (Lipinski definition) is 0. The number of benzene rings is 3. The highest BCUT2D eigenvalue weighted by Crippen LogP contribution is 2.31. The van der Waals surface area contributed by atoms with Gasteiger partial charge in [-0.1, -0.05) is 48.0 Å². The van der Waals surface area contributed by atoms with E-state index in [1.54, 1.807) is 0 Å². The van der Waals surface area contributed by atoms with Crippen molar-refractivity contribution in [3.8, 4) is 0 Å². The van der Waals surface area contributed by atoms with Crippen LogP contribution in [0.3, 0.4) is 0 Å². The van der Waals surface area contributed by atoms with Crippen LogP contribution in [0.1, 0.15) is 0 Å². The summed E-state index contributed by atoms with van der Waals surface area (Å²) in [4.78, 5) is 3.92. The Morgan fingerprint density at radius 1 is 0.583 bits per heavy atom. The lowest BCUT2D eigenvalue weighted by Gasteiger charge is -2.07. The van der Waals surface area contributed by atoms with E-state index >= 15 is 0 Å². The van der Waals surface area contributed by atoms with Gasteiger partial charge in [-0.05, 0) is 48.5 Å². The zero-order valence-electron chi connectivity index (χ0n) is 12.6. The molecule has 0 atom stereocenters. The lowest BCUT2D eigenvalue weighted by Crippen LogP contribution is -2.04. The Balaban J connectivity index is 0.000000471. The zero-order valence-corrected chi connectivity index (χ0v) is 14.2. The summed E-state index contributed by atoms with van der Waals surface area (Å²) in [5.74, 6) is 0. The van der Waals surface area contributed by atoms with Gasteiger partial charge in [0.25, 0.3) is 0 Å². The highest BCUT2D eigenvalue weighted by molar-refractivity contribution is 7.97. The molecule has 124 valence electrons.